The molecule has 1 heterocycles. The number of benzene rings is 1. The number of hydrogen-bond acceptors (Lipinski definition) is 3. The lowest BCUT2D eigenvalue weighted by atomic mass is 9.79. The van der Waals surface area contributed by atoms with Gasteiger partial charge in [-0.05, 0) is 43.0 Å². The number of rotatable bonds is 2. The molecule has 1 unspecified atom stereocenters. The van der Waals surface area contributed by atoms with Gasteiger partial charge in [0.05, 0.1) is 12.6 Å². The first-order valence-corrected chi connectivity index (χ1v) is 6.10. The normalized spacial score (nSPS) is 24.6. The average Bonchev–Trinajstić information content (AvgIpc) is 2.60. The van der Waals surface area contributed by atoms with Crippen molar-refractivity contribution in [2.24, 2.45) is 16.6 Å². The Labute approximate surface area is 100 Å². The first-order chi connectivity index (χ1) is 8.25. The van der Waals surface area contributed by atoms with Crippen molar-refractivity contribution in [3.8, 4) is 0 Å². The highest BCUT2D eigenvalue weighted by Gasteiger charge is 2.36. The van der Waals surface area contributed by atoms with E-state index >= 15 is 0 Å². The second-order valence-electron chi connectivity index (χ2n) is 4.80. The predicted molar refractivity (Wildman–Crippen MR) is 66.5 cm³/mol. The molecule has 2 aliphatic rings. The molecule has 1 atom stereocenters. The summed E-state index contributed by atoms with van der Waals surface area (Å²) in [6, 6.07) is 6.86. The number of nitrogens with two attached hydrogens (primary N) is 1. The molecule has 0 radical (unpaired) electrons. The van der Waals surface area contributed by atoms with Crippen LogP contribution < -0.4 is 10.6 Å². The third-order valence-electron chi connectivity index (χ3n) is 3.82. The Kier molecular flexibility index (Phi) is 2.50. The Morgan fingerprint density at radius 2 is 1.94 bits per heavy atom. The first-order valence-electron chi connectivity index (χ1n) is 6.10. The maximum atomic E-state index is 12.9. The molecule has 1 aliphatic heterocycles. The Morgan fingerprint density at radius 1 is 1.24 bits per heavy atom. The average molecular weight is 233 g/mol. The third kappa shape index (κ3) is 1.77. The molecule has 0 saturated heterocycles. The molecule has 1 aromatic rings. The summed E-state index contributed by atoms with van der Waals surface area (Å²) >= 11 is 0. The van der Waals surface area contributed by atoms with Gasteiger partial charge in [0.15, 0.2) is 5.96 Å². The summed E-state index contributed by atoms with van der Waals surface area (Å²) in [6.45, 7) is 0.772. The maximum absolute atomic E-state index is 12.9. The molecule has 4 heteroatoms. The number of halogens is 1. The number of guanidine groups is 1. The van der Waals surface area contributed by atoms with Gasteiger partial charge in [-0.3, -0.25) is 4.99 Å². The molecule has 3 rings (SSSR count). The van der Waals surface area contributed by atoms with Crippen molar-refractivity contribution < 1.29 is 4.39 Å². The van der Waals surface area contributed by atoms with E-state index in [2.05, 4.69) is 9.89 Å². The Bertz CT molecular complexity index is 436. The van der Waals surface area contributed by atoms with Crippen molar-refractivity contribution in [2.45, 2.75) is 25.3 Å². The van der Waals surface area contributed by atoms with Gasteiger partial charge in [0.1, 0.15) is 5.82 Å². The zero-order valence-electron chi connectivity index (χ0n) is 9.64. The van der Waals surface area contributed by atoms with E-state index in [1.54, 1.807) is 12.1 Å². The lowest BCUT2D eigenvalue weighted by Crippen LogP contribution is -2.46. The highest BCUT2D eigenvalue weighted by molar-refractivity contribution is 5.97. The molecule has 2 N–H and O–H groups in total. The van der Waals surface area contributed by atoms with Crippen molar-refractivity contribution in [2.75, 3.05) is 11.4 Å². The second-order valence-corrected chi connectivity index (χ2v) is 4.80. The summed E-state index contributed by atoms with van der Waals surface area (Å²) in [5.74, 6) is 1.03. The van der Waals surface area contributed by atoms with E-state index in [0.29, 0.717) is 17.9 Å². The summed E-state index contributed by atoms with van der Waals surface area (Å²) in [6.07, 6.45) is 3.81. The molecule has 1 aromatic carbocycles. The van der Waals surface area contributed by atoms with E-state index < -0.39 is 0 Å². The lowest BCUT2D eigenvalue weighted by Gasteiger charge is -2.37. The van der Waals surface area contributed by atoms with Gasteiger partial charge < -0.3 is 10.6 Å². The van der Waals surface area contributed by atoms with Crippen LogP contribution in [-0.4, -0.2) is 18.5 Å². The highest BCUT2D eigenvalue weighted by Crippen LogP contribution is 2.36. The zero-order chi connectivity index (χ0) is 11.8. The van der Waals surface area contributed by atoms with Gasteiger partial charge in [0.25, 0.3) is 0 Å². The zero-order valence-corrected chi connectivity index (χ0v) is 9.64. The summed E-state index contributed by atoms with van der Waals surface area (Å²) in [7, 11) is 0. The number of anilines is 1. The van der Waals surface area contributed by atoms with E-state index in [1.807, 2.05) is 0 Å². The number of nitrogens with zero attached hydrogens (tertiary/aromatic N) is 2. The van der Waals surface area contributed by atoms with Crippen LogP contribution in [0.5, 0.6) is 0 Å². The van der Waals surface area contributed by atoms with Crippen LogP contribution in [0.15, 0.2) is 29.3 Å². The minimum Gasteiger partial charge on any atom is -0.370 e. The van der Waals surface area contributed by atoms with Gasteiger partial charge in [-0.1, -0.05) is 6.42 Å². The highest BCUT2D eigenvalue weighted by atomic mass is 19.1. The summed E-state index contributed by atoms with van der Waals surface area (Å²) in [4.78, 5) is 6.39. The van der Waals surface area contributed by atoms with Crippen LogP contribution in [0.4, 0.5) is 10.1 Å². The fraction of sp³-hybridized carbons (Fsp3) is 0.462. The molecular weight excluding hydrogens is 217 g/mol. The molecule has 1 aliphatic carbocycles. The van der Waals surface area contributed by atoms with E-state index in [9.17, 15) is 4.39 Å². The Hall–Kier alpha value is -1.58. The van der Waals surface area contributed by atoms with Gasteiger partial charge in [-0.15, -0.1) is 0 Å². The summed E-state index contributed by atoms with van der Waals surface area (Å²) in [5, 5.41) is 0. The number of hydrogen-bond donors (Lipinski definition) is 1. The Morgan fingerprint density at radius 3 is 2.53 bits per heavy atom. The van der Waals surface area contributed by atoms with Crippen LogP contribution >= 0.6 is 0 Å². The maximum Gasteiger partial charge on any atom is 0.196 e. The molecule has 90 valence electrons. The van der Waals surface area contributed by atoms with Crippen LogP contribution in [0.3, 0.4) is 0 Å². The lowest BCUT2D eigenvalue weighted by molar-refractivity contribution is 0.271. The van der Waals surface area contributed by atoms with Gasteiger partial charge in [-0.2, -0.15) is 0 Å². The molecule has 0 spiro atoms. The van der Waals surface area contributed by atoms with Crippen LogP contribution in [0, 0.1) is 11.7 Å². The van der Waals surface area contributed by atoms with E-state index in [1.165, 1.54) is 31.4 Å². The van der Waals surface area contributed by atoms with Crippen LogP contribution in [0.1, 0.15) is 19.3 Å². The minimum atomic E-state index is -0.219. The van der Waals surface area contributed by atoms with Crippen LogP contribution in [-0.2, 0) is 0 Å². The summed E-state index contributed by atoms with van der Waals surface area (Å²) < 4.78 is 12.9. The van der Waals surface area contributed by atoms with Crippen molar-refractivity contribution in [1.82, 2.24) is 0 Å². The topological polar surface area (TPSA) is 41.6 Å². The molecular formula is C13H16FN3. The fourth-order valence-electron chi connectivity index (χ4n) is 2.62. The molecule has 1 fully saturated rings. The van der Waals surface area contributed by atoms with Crippen LogP contribution in [0.25, 0.3) is 0 Å². The van der Waals surface area contributed by atoms with Crippen LogP contribution in [0.2, 0.25) is 0 Å². The van der Waals surface area contributed by atoms with Gasteiger partial charge in [0, 0.05) is 5.69 Å². The number of aliphatic imine (C=N–C) groups is 1. The standard InChI is InChI=1S/C13H16FN3/c14-10-4-6-11(7-5-10)17-12(8-16-13(17)15)9-2-1-3-9/h4-7,9,12H,1-3,8H2,(H2,15,16). The smallest absolute Gasteiger partial charge is 0.196 e. The predicted octanol–water partition coefficient (Wildman–Crippen LogP) is 2.13. The first kappa shape index (κ1) is 10.6. The van der Waals surface area contributed by atoms with Crippen molar-refractivity contribution in [1.29, 1.82) is 0 Å². The largest absolute Gasteiger partial charge is 0.370 e. The molecule has 3 nitrogen and oxygen atoms in total. The van der Waals surface area contributed by atoms with E-state index in [0.717, 1.165) is 12.2 Å². The summed E-state index contributed by atoms with van der Waals surface area (Å²) in [5.41, 5.74) is 6.88. The second kappa shape index (κ2) is 4.02. The van der Waals surface area contributed by atoms with E-state index in [-0.39, 0.29) is 5.82 Å². The quantitative estimate of drug-likeness (QED) is 0.850. The molecule has 1 saturated carbocycles. The van der Waals surface area contributed by atoms with Gasteiger partial charge in [-0.25, -0.2) is 4.39 Å². The fourth-order valence-corrected chi connectivity index (χ4v) is 2.62. The third-order valence-corrected chi connectivity index (χ3v) is 3.82. The monoisotopic (exact) mass is 233 g/mol. The minimum absolute atomic E-state index is 0.219. The van der Waals surface area contributed by atoms with Crippen molar-refractivity contribution in [3.63, 3.8) is 0 Å². The van der Waals surface area contributed by atoms with E-state index in [4.69, 9.17) is 5.73 Å². The molecule has 0 bridgehead atoms. The van der Waals surface area contributed by atoms with Gasteiger partial charge >= 0.3 is 0 Å². The van der Waals surface area contributed by atoms with Crippen molar-refractivity contribution in [3.05, 3.63) is 30.1 Å². The molecule has 17 heavy (non-hydrogen) atoms. The van der Waals surface area contributed by atoms with Crippen molar-refractivity contribution >= 4 is 11.6 Å². The Balaban J connectivity index is 1.87. The molecule has 0 aromatic heterocycles. The SMILES string of the molecule is NC1=NCC(C2CCC2)N1c1ccc(F)cc1. The van der Waals surface area contributed by atoms with Gasteiger partial charge in [0.2, 0.25) is 0 Å². The molecule has 0 amide bonds.